The maximum absolute atomic E-state index is 12.2. The summed E-state index contributed by atoms with van der Waals surface area (Å²) in [6.07, 6.45) is 4.55. The Kier molecular flexibility index (Phi) is 4.74. The van der Waals surface area contributed by atoms with Gasteiger partial charge in [0.15, 0.2) is 0 Å². The van der Waals surface area contributed by atoms with Crippen LogP contribution in [0.1, 0.15) is 31.2 Å². The molecule has 0 atom stereocenters. The van der Waals surface area contributed by atoms with Crippen LogP contribution in [-0.4, -0.2) is 29.0 Å². The van der Waals surface area contributed by atoms with E-state index in [1.54, 1.807) is 0 Å². The molecule has 1 fully saturated rings. The van der Waals surface area contributed by atoms with Gasteiger partial charge in [-0.05, 0) is 25.0 Å². The minimum atomic E-state index is -0.0643. The number of carbonyl (C=O) groups is 1. The summed E-state index contributed by atoms with van der Waals surface area (Å²) in [6, 6.07) is 7.30. The van der Waals surface area contributed by atoms with Crippen molar-refractivity contribution in [3.8, 4) is 0 Å². The highest BCUT2D eigenvalue weighted by molar-refractivity contribution is 7.80. The zero-order valence-corrected chi connectivity index (χ0v) is 11.7. The van der Waals surface area contributed by atoms with Gasteiger partial charge in [0.1, 0.15) is 4.99 Å². The number of carbonyl (C=O) groups excluding carboxylic acids is 1. The molecule has 0 radical (unpaired) electrons. The molecule has 5 heteroatoms. The van der Waals surface area contributed by atoms with E-state index in [0.29, 0.717) is 16.2 Å². The maximum atomic E-state index is 12.2. The molecule has 0 bridgehead atoms. The summed E-state index contributed by atoms with van der Waals surface area (Å²) < 4.78 is 0. The summed E-state index contributed by atoms with van der Waals surface area (Å²) in [5.74, 6) is 0. The highest BCUT2D eigenvalue weighted by Crippen LogP contribution is 2.17. The van der Waals surface area contributed by atoms with Gasteiger partial charge < -0.3 is 16.0 Å². The Bertz CT molecular complexity index is 468. The number of hydrogen-bond acceptors (Lipinski definition) is 2. The average molecular weight is 277 g/mol. The SMILES string of the molecule is NC(=S)c1ccccc1NC(=O)N1CCCCCC1. The fourth-order valence-corrected chi connectivity index (χ4v) is 2.45. The first-order chi connectivity index (χ1) is 9.18. The quantitative estimate of drug-likeness (QED) is 0.817. The van der Waals surface area contributed by atoms with Crippen LogP contribution in [-0.2, 0) is 0 Å². The minimum absolute atomic E-state index is 0.0643. The molecule has 4 nitrogen and oxygen atoms in total. The lowest BCUT2D eigenvalue weighted by Gasteiger charge is -2.21. The van der Waals surface area contributed by atoms with Gasteiger partial charge in [-0.2, -0.15) is 0 Å². The molecule has 0 unspecified atom stereocenters. The second kappa shape index (κ2) is 6.52. The van der Waals surface area contributed by atoms with Crippen LogP contribution in [0.25, 0.3) is 0 Å². The van der Waals surface area contributed by atoms with E-state index < -0.39 is 0 Å². The van der Waals surface area contributed by atoms with E-state index in [1.807, 2.05) is 29.2 Å². The lowest BCUT2D eigenvalue weighted by molar-refractivity contribution is 0.214. The summed E-state index contributed by atoms with van der Waals surface area (Å²) in [4.78, 5) is 14.4. The van der Waals surface area contributed by atoms with Crippen molar-refractivity contribution in [2.45, 2.75) is 25.7 Å². The number of hydrogen-bond donors (Lipinski definition) is 2. The van der Waals surface area contributed by atoms with Crippen LogP contribution in [0.2, 0.25) is 0 Å². The van der Waals surface area contributed by atoms with Gasteiger partial charge in [0, 0.05) is 18.7 Å². The Morgan fingerprint density at radius 3 is 2.42 bits per heavy atom. The number of amides is 2. The Hall–Kier alpha value is -1.62. The third-order valence-corrected chi connectivity index (χ3v) is 3.55. The van der Waals surface area contributed by atoms with E-state index in [4.69, 9.17) is 18.0 Å². The van der Waals surface area contributed by atoms with Crippen molar-refractivity contribution in [1.29, 1.82) is 0 Å². The van der Waals surface area contributed by atoms with Crippen molar-refractivity contribution in [2.24, 2.45) is 5.73 Å². The molecule has 0 saturated carbocycles. The Morgan fingerprint density at radius 2 is 1.79 bits per heavy atom. The Labute approximate surface area is 119 Å². The molecule has 1 saturated heterocycles. The van der Waals surface area contributed by atoms with Gasteiger partial charge in [0.25, 0.3) is 0 Å². The van der Waals surface area contributed by atoms with Crippen molar-refractivity contribution < 1.29 is 4.79 Å². The van der Waals surface area contributed by atoms with Gasteiger partial charge in [0.2, 0.25) is 0 Å². The van der Waals surface area contributed by atoms with Crippen molar-refractivity contribution >= 4 is 28.9 Å². The van der Waals surface area contributed by atoms with Crippen LogP contribution in [0.3, 0.4) is 0 Å². The monoisotopic (exact) mass is 277 g/mol. The zero-order chi connectivity index (χ0) is 13.7. The smallest absolute Gasteiger partial charge is 0.321 e. The molecule has 1 aromatic carbocycles. The van der Waals surface area contributed by atoms with Crippen LogP contribution < -0.4 is 11.1 Å². The van der Waals surface area contributed by atoms with Crippen LogP contribution in [0, 0.1) is 0 Å². The van der Waals surface area contributed by atoms with E-state index in [9.17, 15) is 4.79 Å². The standard InChI is InChI=1S/C14H19N3OS/c15-13(19)11-7-3-4-8-12(11)16-14(18)17-9-5-1-2-6-10-17/h3-4,7-8H,1-2,5-6,9-10H2,(H2,15,19)(H,16,18). The highest BCUT2D eigenvalue weighted by Gasteiger charge is 2.16. The van der Waals surface area contributed by atoms with E-state index in [0.717, 1.165) is 25.9 Å². The van der Waals surface area contributed by atoms with E-state index >= 15 is 0 Å². The number of rotatable bonds is 2. The summed E-state index contributed by atoms with van der Waals surface area (Å²) in [5.41, 5.74) is 7.05. The molecule has 0 aromatic heterocycles. The summed E-state index contributed by atoms with van der Waals surface area (Å²) >= 11 is 4.99. The topological polar surface area (TPSA) is 58.4 Å². The fraction of sp³-hybridized carbons (Fsp3) is 0.429. The third-order valence-electron chi connectivity index (χ3n) is 3.33. The number of likely N-dealkylation sites (tertiary alicyclic amines) is 1. The average Bonchev–Trinajstić information content (AvgIpc) is 2.68. The highest BCUT2D eigenvalue weighted by atomic mass is 32.1. The number of para-hydroxylation sites is 1. The molecule has 1 aliphatic rings. The van der Waals surface area contributed by atoms with Gasteiger partial charge in [-0.1, -0.05) is 37.2 Å². The lowest BCUT2D eigenvalue weighted by atomic mass is 10.2. The second-order valence-corrected chi connectivity index (χ2v) is 5.18. The van der Waals surface area contributed by atoms with Crippen molar-refractivity contribution in [2.75, 3.05) is 18.4 Å². The molecule has 0 spiro atoms. The Balaban J connectivity index is 2.07. The molecular formula is C14H19N3OS. The largest absolute Gasteiger partial charge is 0.389 e. The van der Waals surface area contributed by atoms with Crippen molar-refractivity contribution in [3.63, 3.8) is 0 Å². The summed E-state index contributed by atoms with van der Waals surface area (Å²) in [6.45, 7) is 1.64. The molecule has 102 valence electrons. The molecule has 19 heavy (non-hydrogen) atoms. The predicted molar refractivity (Wildman–Crippen MR) is 81.4 cm³/mol. The minimum Gasteiger partial charge on any atom is -0.389 e. The Morgan fingerprint density at radius 1 is 1.16 bits per heavy atom. The molecule has 1 aromatic rings. The van der Waals surface area contributed by atoms with Gasteiger partial charge >= 0.3 is 6.03 Å². The first-order valence-electron chi connectivity index (χ1n) is 6.63. The normalized spacial score (nSPS) is 15.7. The van der Waals surface area contributed by atoms with Gasteiger partial charge in [-0.3, -0.25) is 0 Å². The lowest BCUT2D eigenvalue weighted by Crippen LogP contribution is -2.36. The summed E-state index contributed by atoms with van der Waals surface area (Å²) in [5, 5.41) is 2.91. The molecule has 3 N–H and O–H groups in total. The molecule has 2 rings (SSSR count). The molecule has 1 heterocycles. The first-order valence-corrected chi connectivity index (χ1v) is 7.04. The van der Waals surface area contributed by atoms with Gasteiger partial charge in [0.05, 0.1) is 5.69 Å². The molecular weight excluding hydrogens is 258 g/mol. The number of nitrogens with zero attached hydrogens (tertiary/aromatic N) is 1. The van der Waals surface area contributed by atoms with Crippen LogP contribution in [0.15, 0.2) is 24.3 Å². The number of thiocarbonyl (C=S) groups is 1. The zero-order valence-electron chi connectivity index (χ0n) is 10.9. The number of anilines is 1. The van der Waals surface area contributed by atoms with E-state index in [-0.39, 0.29) is 6.03 Å². The van der Waals surface area contributed by atoms with Crippen LogP contribution in [0.5, 0.6) is 0 Å². The number of nitrogens with two attached hydrogens (primary N) is 1. The van der Waals surface area contributed by atoms with E-state index in [2.05, 4.69) is 5.32 Å². The maximum Gasteiger partial charge on any atom is 0.321 e. The van der Waals surface area contributed by atoms with Crippen molar-refractivity contribution in [3.05, 3.63) is 29.8 Å². The van der Waals surface area contributed by atoms with E-state index in [1.165, 1.54) is 12.8 Å². The molecule has 0 aliphatic carbocycles. The van der Waals surface area contributed by atoms with Gasteiger partial charge in [-0.15, -0.1) is 0 Å². The second-order valence-electron chi connectivity index (χ2n) is 4.74. The third kappa shape index (κ3) is 3.67. The van der Waals surface area contributed by atoms with Crippen LogP contribution in [0.4, 0.5) is 10.5 Å². The van der Waals surface area contributed by atoms with Crippen LogP contribution >= 0.6 is 12.2 Å². The number of urea groups is 1. The fourth-order valence-electron chi connectivity index (χ4n) is 2.28. The number of benzene rings is 1. The summed E-state index contributed by atoms with van der Waals surface area (Å²) in [7, 11) is 0. The van der Waals surface area contributed by atoms with Crippen molar-refractivity contribution in [1.82, 2.24) is 4.90 Å². The molecule has 2 amide bonds. The predicted octanol–water partition coefficient (Wildman–Crippen LogP) is 2.73. The molecule has 1 aliphatic heterocycles. The first kappa shape index (κ1) is 13.8. The number of nitrogens with one attached hydrogen (secondary N) is 1. The van der Waals surface area contributed by atoms with Gasteiger partial charge in [-0.25, -0.2) is 4.79 Å².